The highest BCUT2D eigenvalue weighted by molar-refractivity contribution is 5.85. The predicted octanol–water partition coefficient (Wildman–Crippen LogP) is 2.09. The number of hydrogen-bond acceptors (Lipinski definition) is 5. The van der Waals surface area contributed by atoms with E-state index in [2.05, 4.69) is 19.9 Å². The molecule has 0 spiro atoms. The zero-order valence-electron chi connectivity index (χ0n) is 9.32. The Morgan fingerprint density at radius 3 is 2.39 bits per heavy atom. The molecule has 18 heavy (non-hydrogen) atoms. The molecule has 5 nitrogen and oxygen atoms in total. The van der Waals surface area contributed by atoms with Gasteiger partial charge < -0.3 is 5.73 Å². The Morgan fingerprint density at radius 1 is 0.889 bits per heavy atom. The first-order valence-corrected chi connectivity index (χ1v) is 5.14. The van der Waals surface area contributed by atoms with E-state index in [0.29, 0.717) is 22.8 Å². The lowest BCUT2D eigenvalue weighted by Crippen LogP contribution is -2.00. The molecule has 0 amide bonds. The first-order valence-electron chi connectivity index (χ1n) is 5.14. The molecule has 0 aliphatic carbocycles. The summed E-state index contributed by atoms with van der Waals surface area (Å²) in [5.74, 6) is 0.915. The second-order valence-corrected chi connectivity index (χ2v) is 3.53. The van der Waals surface area contributed by atoms with Gasteiger partial charge in [0.05, 0.1) is 0 Å². The van der Waals surface area contributed by atoms with Crippen LogP contribution in [-0.2, 0) is 0 Å². The first-order chi connectivity index (χ1) is 8.34. The molecule has 3 rings (SSSR count). The summed E-state index contributed by atoms with van der Waals surface area (Å²) >= 11 is 0. The van der Waals surface area contributed by atoms with Crippen molar-refractivity contribution in [3.8, 4) is 11.4 Å². The minimum atomic E-state index is 0. The van der Waals surface area contributed by atoms with E-state index in [1.165, 1.54) is 0 Å². The third kappa shape index (κ3) is 2.08. The van der Waals surface area contributed by atoms with Crippen molar-refractivity contribution in [2.45, 2.75) is 0 Å². The van der Waals surface area contributed by atoms with Crippen molar-refractivity contribution in [1.29, 1.82) is 0 Å². The number of benzene rings is 1. The van der Waals surface area contributed by atoms with Gasteiger partial charge in [0.1, 0.15) is 5.52 Å². The molecule has 2 heterocycles. The Balaban J connectivity index is 0.00000120. The Hall–Kier alpha value is -2.27. The SMILES string of the molecule is Cl.Nc1nc(-c2ccccc2)nc2nccnc12. The highest BCUT2D eigenvalue weighted by atomic mass is 35.5. The molecule has 0 aliphatic heterocycles. The summed E-state index contributed by atoms with van der Waals surface area (Å²) in [5, 5.41) is 0. The number of rotatable bonds is 1. The van der Waals surface area contributed by atoms with E-state index in [4.69, 9.17) is 5.73 Å². The van der Waals surface area contributed by atoms with Gasteiger partial charge >= 0.3 is 0 Å². The molecule has 3 aromatic rings. The smallest absolute Gasteiger partial charge is 0.184 e. The van der Waals surface area contributed by atoms with E-state index in [-0.39, 0.29) is 12.4 Å². The quantitative estimate of drug-likeness (QED) is 0.724. The summed E-state index contributed by atoms with van der Waals surface area (Å²) in [6.07, 6.45) is 3.16. The molecule has 0 saturated heterocycles. The Bertz CT molecular complexity index is 672. The molecule has 0 fully saturated rings. The molecule has 0 unspecified atom stereocenters. The van der Waals surface area contributed by atoms with E-state index in [1.54, 1.807) is 12.4 Å². The zero-order chi connectivity index (χ0) is 11.7. The lowest BCUT2D eigenvalue weighted by atomic mass is 10.2. The van der Waals surface area contributed by atoms with Crippen LogP contribution in [0.25, 0.3) is 22.6 Å². The van der Waals surface area contributed by atoms with Crippen LogP contribution in [-0.4, -0.2) is 19.9 Å². The third-order valence-corrected chi connectivity index (χ3v) is 2.39. The van der Waals surface area contributed by atoms with Gasteiger partial charge in [0.25, 0.3) is 0 Å². The standard InChI is InChI=1S/C12H9N5.ClH/c13-10-9-12(15-7-6-14-9)17-11(16-10)8-4-2-1-3-5-8;/h1-7H,(H2,13,15,16,17);1H. The Kier molecular flexibility index (Phi) is 3.34. The van der Waals surface area contributed by atoms with Crippen LogP contribution in [0.3, 0.4) is 0 Å². The van der Waals surface area contributed by atoms with Crippen LogP contribution in [0.4, 0.5) is 5.82 Å². The molecule has 0 atom stereocenters. The molecule has 1 aromatic carbocycles. The van der Waals surface area contributed by atoms with Crippen LogP contribution in [0.2, 0.25) is 0 Å². The average molecular weight is 260 g/mol. The maximum atomic E-state index is 5.84. The lowest BCUT2D eigenvalue weighted by Gasteiger charge is -2.03. The van der Waals surface area contributed by atoms with Crippen molar-refractivity contribution in [1.82, 2.24) is 19.9 Å². The second-order valence-electron chi connectivity index (χ2n) is 3.53. The lowest BCUT2D eigenvalue weighted by molar-refractivity contribution is 1.16. The molecule has 2 aromatic heterocycles. The molecule has 90 valence electrons. The summed E-state index contributed by atoms with van der Waals surface area (Å²) in [7, 11) is 0. The normalized spacial score (nSPS) is 10.0. The molecule has 0 aliphatic rings. The van der Waals surface area contributed by atoms with Gasteiger partial charge in [-0.1, -0.05) is 30.3 Å². The minimum absolute atomic E-state index is 0. The highest BCUT2D eigenvalue weighted by Gasteiger charge is 2.07. The number of halogens is 1. The van der Waals surface area contributed by atoms with E-state index in [1.807, 2.05) is 30.3 Å². The van der Waals surface area contributed by atoms with E-state index in [9.17, 15) is 0 Å². The summed E-state index contributed by atoms with van der Waals surface area (Å²) in [6.45, 7) is 0. The van der Waals surface area contributed by atoms with Gasteiger partial charge in [-0.3, -0.25) is 0 Å². The van der Waals surface area contributed by atoms with Crippen molar-refractivity contribution < 1.29 is 0 Å². The number of fused-ring (bicyclic) bond motifs is 1. The van der Waals surface area contributed by atoms with Gasteiger partial charge in [0.15, 0.2) is 17.3 Å². The molecule has 6 heteroatoms. The van der Waals surface area contributed by atoms with Gasteiger partial charge in [-0.15, -0.1) is 12.4 Å². The van der Waals surface area contributed by atoms with E-state index < -0.39 is 0 Å². The summed E-state index contributed by atoms with van der Waals surface area (Å²) < 4.78 is 0. The summed E-state index contributed by atoms with van der Waals surface area (Å²) in [4.78, 5) is 16.8. The van der Waals surface area contributed by atoms with Crippen LogP contribution >= 0.6 is 12.4 Å². The molecule has 0 saturated carbocycles. The number of anilines is 1. The van der Waals surface area contributed by atoms with Crippen LogP contribution in [0.5, 0.6) is 0 Å². The Labute approximate surface area is 110 Å². The van der Waals surface area contributed by atoms with Crippen molar-refractivity contribution in [3.63, 3.8) is 0 Å². The predicted molar refractivity (Wildman–Crippen MR) is 72.2 cm³/mol. The van der Waals surface area contributed by atoms with E-state index in [0.717, 1.165) is 5.56 Å². The molecular weight excluding hydrogens is 250 g/mol. The highest BCUT2D eigenvalue weighted by Crippen LogP contribution is 2.19. The van der Waals surface area contributed by atoms with Gasteiger partial charge in [-0.25, -0.2) is 19.9 Å². The van der Waals surface area contributed by atoms with Gasteiger partial charge in [-0.05, 0) is 0 Å². The molecule has 0 bridgehead atoms. The summed E-state index contributed by atoms with van der Waals surface area (Å²) in [5.41, 5.74) is 7.80. The number of nitrogens with zero attached hydrogens (tertiary/aromatic N) is 4. The molecule has 0 radical (unpaired) electrons. The zero-order valence-corrected chi connectivity index (χ0v) is 10.1. The topological polar surface area (TPSA) is 77.6 Å². The van der Waals surface area contributed by atoms with Crippen LogP contribution < -0.4 is 5.73 Å². The van der Waals surface area contributed by atoms with Crippen molar-refractivity contribution in [3.05, 3.63) is 42.7 Å². The maximum absolute atomic E-state index is 5.84. The fraction of sp³-hybridized carbons (Fsp3) is 0. The number of nitrogen functional groups attached to an aromatic ring is 1. The van der Waals surface area contributed by atoms with Gasteiger partial charge in [0.2, 0.25) is 0 Å². The average Bonchev–Trinajstić information content (AvgIpc) is 2.40. The van der Waals surface area contributed by atoms with E-state index >= 15 is 0 Å². The van der Waals surface area contributed by atoms with Crippen molar-refractivity contribution in [2.75, 3.05) is 5.73 Å². The minimum Gasteiger partial charge on any atom is -0.382 e. The molecule has 2 N–H and O–H groups in total. The van der Waals surface area contributed by atoms with Crippen LogP contribution in [0, 0.1) is 0 Å². The van der Waals surface area contributed by atoms with Gasteiger partial charge in [0, 0.05) is 18.0 Å². The Morgan fingerprint density at radius 2 is 1.61 bits per heavy atom. The molecular formula is C12H10ClN5. The second kappa shape index (κ2) is 4.93. The fourth-order valence-corrected chi connectivity index (χ4v) is 1.60. The number of hydrogen-bond donors (Lipinski definition) is 1. The third-order valence-electron chi connectivity index (χ3n) is 2.39. The summed E-state index contributed by atoms with van der Waals surface area (Å²) in [6, 6.07) is 9.65. The maximum Gasteiger partial charge on any atom is 0.184 e. The number of aromatic nitrogens is 4. The largest absolute Gasteiger partial charge is 0.382 e. The van der Waals surface area contributed by atoms with Crippen LogP contribution in [0.1, 0.15) is 0 Å². The first kappa shape index (κ1) is 12.2. The number of nitrogens with two attached hydrogens (primary N) is 1. The monoisotopic (exact) mass is 259 g/mol. The van der Waals surface area contributed by atoms with Gasteiger partial charge in [-0.2, -0.15) is 0 Å². The van der Waals surface area contributed by atoms with Crippen molar-refractivity contribution >= 4 is 29.4 Å². The fourth-order valence-electron chi connectivity index (χ4n) is 1.60. The van der Waals surface area contributed by atoms with Crippen molar-refractivity contribution in [2.24, 2.45) is 0 Å². The van der Waals surface area contributed by atoms with Crippen LogP contribution in [0.15, 0.2) is 42.7 Å².